The normalized spacial score (nSPS) is 21.6. The first-order valence-corrected chi connectivity index (χ1v) is 15.7. The Hall–Kier alpha value is -4.02. The summed E-state index contributed by atoms with van der Waals surface area (Å²) in [6.45, 7) is 8.37. The molecular weight excluding hydrogens is 547 g/mol. The highest BCUT2D eigenvalue weighted by molar-refractivity contribution is 8.00. The second-order valence-electron chi connectivity index (χ2n) is 12.7. The fourth-order valence-electron chi connectivity index (χ4n) is 6.70. The molecule has 1 fully saturated rings. The van der Waals surface area contributed by atoms with Gasteiger partial charge in [0.15, 0.2) is 0 Å². The van der Waals surface area contributed by atoms with Crippen LogP contribution in [0.2, 0.25) is 0 Å². The van der Waals surface area contributed by atoms with Crippen LogP contribution >= 0.6 is 11.8 Å². The number of hydrogen-bond acceptors (Lipinski definition) is 4. The SMILES string of the molecule is CC1(C)OB(C2=CC3c4cc(-c5cccc(-n6c7ccccc7c7ccccc76)c5C#N)ccc4SC3C=C2)OC1(C)C. The monoisotopic (exact) mass is 578 g/mol. The molecule has 2 unspecified atom stereocenters. The second kappa shape index (κ2) is 9.49. The van der Waals surface area contributed by atoms with Crippen molar-refractivity contribution >= 4 is 40.7 Å². The number of nitriles is 1. The smallest absolute Gasteiger partial charge is 0.399 e. The van der Waals surface area contributed by atoms with Gasteiger partial charge in [-0.05, 0) is 74.6 Å². The Morgan fingerprint density at radius 1 is 0.837 bits per heavy atom. The molecule has 0 spiro atoms. The van der Waals surface area contributed by atoms with E-state index in [1.807, 2.05) is 11.8 Å². The molecule has 0 amide bonds. The average Bonchev–Trinajstić information content (AvgIpc) is 3.62. The molecule has 4 aromatic carbocycles. The molecule has 6 heteroatoms. The third-order valence-electron chi connectivity index (χ3n) is 9.65. The molecule has 0 radical (unpaired) electrons. The van der Waals surface area contributed by atoms with Crippen LogP contribution in [-0.2, 0) is 9.31 Å². The number of hydrogen-bond donors (Lipinski definition) is 0. The highest BCUT2D eigenvalue weighted by Gasteiger charge is 2.52. The van der Waals surface area contributed by atoms with Crippen LogP contribution in [0.25, 0.3) is 38.6 Å². The summed E-state index contributed by atoms with van der Waals surface area (Å²) < 4.78 is 15.0. The van der Waals surface area contributed by atoms with Gasteiger partial charge in [-0.15, -0.1) is 11.8 Å². The van der Waals surface area contributed by atoms with Crippen molar-refractivity contribution in [1.29, 1.82) is 5.26 Å². The van der Waals surface area contributed by atoms with E-state index in [-0.39, 0.29) is 24.2 Å². The molecule has 0 bridgehead atoms. The van der Waals surface area contributed by atoms with Gasteiger partial charge in [-0.3, -0.25) is 0 Å². The fourth-order valence-corrected chi connectivity index (χ4v) is 8.00. The number of rotatable bonds is 3. The van der Waals surface area contributed by atoms with Crippen LogP contribution in [0.4, 0.5) is 0 Å². The Labute approximate surface area is 256 Å². The van der Waals surface area contributed by atoms with Crippen molar-refractivity contribution in [3.05, 3.63) is 120 Å². The third kappa shape index (κ3) is 3.99. The standard InChI is InChI=1S/C37H31BN2O2S/c1-36(2)37(3,4)42-38(41-36)24-17-19-35-29(21-24)28-20-23(16-18-34(28)43-35)25-12-9-15-33(30(25)22-39)40-31-13-7-5-10-26(31)27-11-6-8-14-32(27)40/h5-21,29,35H,1-4H3. The predicted octanol–water partition coefficient (Wildman–Crippen LogP) is 9.01. The van der Waals surface area contributed by atoms with Gasteiger partial charge in [0.1, 0.15) is 6.07 Å². The average molecular weight is 579 g/mol. The molecule has 8 rings (SSSR count). The molecule has 1 saturated heterocycles. The number of thioether (sulfide) groups is 1. The number of aromatic nitrogens is 1. The Kier molecular flexibility index (Phi) is 5.87. The molecule has 0 N–H and O–H groups in total. The van der Waals surface area contributed by atoms with Crippen LogP contribution in [0.3, 0.4) is 0 Å². The van der Waals surface area contributed by atoms with Gasteiger partial charge in [0.25, 0.3) is 0 Å². The van der Waals surface area contributed by atoms with Crippen LogP contribution < -0.4 is 0 Å². The van der Waals surface area contributed by atoms with Gasteiger partial charge in [-0.25, -0.2) is 0 Å². The van der Waals surface area contributed by atoms with Gasteiger partial charge in [-0.1, -0.05) is 72.8 Å². The van der Waals surface area contributed by atoms with Gasteiger partial charge < -0.3 is 13.9 Å². The van der Waals surface area contributed by atoms with Crippen LogP contribution in [-0.4, -0.2) is 28.1 Å². The minimum atomic E-state index is -0.382. The van der Waals surface area contributed by atoms with Crippen molar-refractivity contribution in [2.24, 2.45) is 0 Å². The molecule has 0 saturated carbocycles. The molecule has 2 aliphatic heterocycles. The van der Waals surface area contributed by atoms with E-state index in [0.717, 1.165) is 33.3 Å². The van der Waals surface area contributed by atoms with Crippen molar-refractivity contribution in [1.82, 2.24) is 4.57 Å². The summed E-state index contributed by atoms with van der Waals surface area (Å²) in [7, 11) is -0.382. The molecule has 1 aliphatic carbocycles. The summed E-state index contributed by atoms with van der Waals surface area (Å²) in [5, 5.41) is 13.3. The molecule has 2 atom stereocenters. The van der Waals surface area contributed by atoms with Crippen LogP contribution in [0.1, 0.15) is 44.7 Å². The van der Waals surface area contributed by atoms with E-state index in [9.17, 15) is 5.26 Å². The van der Waals surface area contributed by atoms with E-state index in [4.69, 9.17) is 9.31 Å². The van der Waals surface area contributed by atoms with E-state index < -0.39 is 0 Å². The third-order valence-corrected chi connectivity index (χ3v) is 11.0. The van der Waals surface area contributed by atoms with Crippen molar-refractivity contribution in [2.45, 2.75) is 55.0 Å². The summed E-state index contributed by atoms with van der Waals surface area (Å²) >= 11 is 1.90. The zero-order valence-electron chi connectivity index (χ0n) is 24.7. The highest BCUT2D eigenvalue weighted by atomic mass is 32.2. The van der Waals surface area contributed by atoms with Crippen molar-refractivity contribution < 1.29 is 9.31 Å². The van der Waals surface area contributed by atoms with E-state index in [1.54, 1.807) is 0 Å². The lowest BCUT2D eigenvalue weighted by molar-refractivity contribution is 0.00578. The fraction of sp³-hybridized carbons (Fsp3) is 0.216. The van der Waals surface area contributed by atoms with Crippen LogP contribution in [0.15, 0.2) is 114 Å². The summed E-state index contributed by atoms with van der Waals surface area (Å²) in [6, 6.07) is 32.3. The minimum absolute atomic E-state index is 0.213. The van der Waals surface area contributed by atoms with E-state index in [0.29, 0.717) is 10.8 Å². The predicted molar refractivity (Wildman–Crippen MR) is 177 cm³/mol. The zero-order valence-corrected chi connectivity index (χ0v) is 25.5. The van der Waals surface area contributed by atoms with Crippen LogP contribution in [0, 0.1) is 11.3 Å². The number of nitrogens with zero attached hydrogens (tertiary/aromatic N) is 2. The quantitative estimate of drug-likeness (QED) is 0.201. The second-order valence-corrected chi connectivity index (χ2v) is 13.9. The van der Waals surface area contributed by atoms with E-state index in [2.05, 4.69) is 141 Å². The van der Waals surface area contributed by atoms with Gasteiger partial charge in [0.05, 0.1) is 33.5 Å². The summed E-state index contributed by atoms with van der Waals surface area (Å²) in [6.07, 6.45) is 6.79. The number of allylic oxidation sites excluding steroid dienone is 3. The lowest BCUT2D eigenvalue weighted by Crippen LogP contribution is -2.41. The Balaban J connectivity index is 1.22. The maximum Gasteiger partial charge on any atom is 0.494 e. The maximum absolute atomic E-state index is 10.6. The molecule has 43 heavy (non-hydrogen) atoms. The lowest BCUT2D eigenvalue weighted by atomic mass is 9.72. The Bertz CT molecular complexity index is 2000. The first-order chi connectivity index (χ1) is 20.8. The number of benzene rings is 4. The topological polar surface area (TPSA) is 47.2 Å². The Morgan fingerprint density at radius 2 is 1.51 bits per heavy atom. The van der Waals surface area contributed by atoms with Crippen LogP contribution in [0.5, 0.6) is 0 Å². The maximum atomic E-state index is 10.6. The lowest BCUT2D eigenvalue weighted by Gasteiger charge is -2.32. The summed E-state index contributed by atoms with van der Waals surface area (Å²) in [5.41, 5.74) is 7.36. The van der Waals surface area contributed by atoms with E-state index in [1.165, 1.54) is 21.2 Å². The van der Waals surface area contributed by atoms with E-state index >= 15 is 0 Å². The molecule has 3 heterocycles. The highest BCUT2D eigenvalue weighted by Crippen LogP contribution is 2.51. The molecule has 210 valence electrons. The summed E-state index contributed by atoms with van der Waals surface area (Å²) in [4.78, 5) is 1.28. The molecular formula is C37H31BN2O2S. The van der Waals surface area contributed by atoms with Gasteiger partial charge >= 0.3 is 7.12 Å². The molecule has 5 aromatic rings. The Morgan fingerprint density at radius 3 is 2.19 bits per heavy atom. The van der Waals surface area contributed by atoms with Crippen molar-refractivity contribution in [2.75, 3.05) is 0 Å². The van der Waals surface area contributed by atoms with Gasteiger partial charge in [0.2, 0.25) is 0 Å². The molecule has 1 aromatic heterocycles. The molecule has 3 aliphatic rings. The van der Waals surface area contributed by atoms with Crippen molar-refractivity contribution in [3.8, 4) is 22.9 Å². The largest absolute Gasteiger partial charge is 0.494 e. The minimum Gasteiger partial charge on any atom is -0.399 e. The summed E-state index contributed by atoms with van der Waals surface area (Å²) in [5.74, 6) is 0.213. The van der Waals surface area contributed by atoms with Crippen molar-refractivity contribution in [3.63, 3.8) is 0 Å². The molecule has 4 nitrogen and oxygen atoms in total. The first-order valence-electron chi connectivity index (χ1n) is 14.8. The number of para-hydroxylation sites is 2. The number of fused-ring (bicyclic) bond motifs is 6. The van der Waals surface area contributed by atoms with Gasteiger partial charge in [0, 0.05) is 32.4 Å². The first kappa shape index (κ1) is 26.6. The van der Waals surface area contributed by atoms with Gasteiger partial charge in [-0.2, -0.15) is 5.26 Å². The zero-order chi connectivity index (χ0) is 29.5.